The van der Waals surface area contributed by atoms with E-state index in [4.69, 9.17) is 4.74 Å². The van der Waals surface area contributed by atoms with Crippen LogP contribution in [-0.4, -0.2) is 30.8 Å². The molecule has 1 aromatic carbocycles. The van der Waals surface area contributed by atoms with E-state index in [0.717, 1.165) is 15.0 Å². The van der Waals surface area contributed by atoms with Gasteiger partial charge >= 0.3 is 0 Å². The highest BCUT2D eigenvalue weighted by Gasteiger charge is 2.12. The van der Waals surface area contributed by atoms with E-state index in [-0.39, 0.29) is 12.5 Å². The summed E-state index contributed by atoms with van der Waals surface area (Å²) in [6, 6.07) is 9.99. The van der Waals surface area contributed by atoms with E-state index >= 15 is 0 Å². The Kier molecular flexibility index (Phi) is 6.17. The van der Waals surface area contributed by atoms with Crippen molar-refractivity contribution in [2.24, 2.45) is 0 Å². The van der Waals surface area contributed by atoms with Gasteiger partial charge in [-0.25, -0.2) is 0 Å². The average Bonchev–Trinajstić information content (AvgIpc) is 2.93. The van der Waals surface area contributed by atoms with Crippen molar-refractivity contribution in [3.8, 4) is 0 Å². The molecule has 21 heavy (non-hydrogen) atoms. The summed E-state index contributed by atoms with van der Waals surface area (Å²) in [6.45, 7) is 3.46. The molecule has 1 unspecified atom stereocenters. The van der Waals surface area contributed by atoms with E-state index in [1.807, 2.05) is 37.3 Å². The standard InChI is InChI=1S/C16H21NO3S/c1-2-20-9-5-8-16(19)17-11-13(18)15-10-12-6-3-4-7-14(12)21-15/h3-4,6-7,10,13,18H,2,5,8-9,11H2,1H3,(H,17,19). The van der Waals surface area contributed by atoms with Gasteiger partial charge in [0.05, 0.1) is 0 Å². The maximum absolute atomic E-state index is 11.6. The number of hydrogen-bond acceptors (Lipinski definition) is 4. The Morgan fingerprint density at radius 3 is 3.00 bits per heavy atom. The number of ether oxygens (including phenoxy) is 1. The highest BCUT2D eigenvalue weighted by molar-refractivity contribution is 7.19. The molecule has 5 heteroatoms. The number of hydrogen-bond donors (Lipinski definition) is 2. The van der Waals surface area contributed by atoms with Crippen LogP contribution in [0.25, 0.3) is 10.1 Å². The average molecular weight is 307 g/mol. The number of amides is 1. The van der Waals surface area contributed by atoms with Gasteiger partial charge < -0.3 is 15.2 Å². The summed E-state index contributed by atoms with van der Waals surface area (Å²) in [4.78, 5) is 12.5. The fraction of sp³-hybridized carbons (Fsp3) is 0.438. The number of benzene rings is 1. The summed E-state index contributed by atoms with van der Waals surface area (Å²) in [5, 5.41) is 14.0. The van der Waals surface area contributed by atoms with Crippen molar-refractivity contribution in [3.63, 3.8) is 0 Å². The van der Waals surface area contributed by atoms with E-state index in [1.165, 1.54) is 0 Å². The van der Waals surface area contributed by atoms with Gasteiger partial charge in [-0.1, -0.05) is 18.2 Å². The first-order chi connectivity index (χ1) is 10.2. The molecule has 2 aromatic rings. The number of thiophene rings is 1. The zero-order valence-electron chi connectivity index (χ0n) is 12.2. The summed E-state index contributed by atoms with van der Waals surface area (Å²) in [7, 11) is 0. The lowest BCUT2D eigenvalue weighted by Gasteiger charge is -2.10. The molecular formula is C16H21NO3S. The molecule has 1 aromatic heterocycles. The number of aliphatic hydroxyl groups is 1. The number of carbonyl (C=O) groups is 1. The Morgan fingerprint density at radius 2 is 2.24 bits per heavy atom. The van der Waals surface area contributed by atoms with Crippen LogP contribution in [0.5, 0.6) is 0 Å². The van der Waals surface area contributed by atoms with Crippen LogP contribution < -0.4 is 5.32 Å². The van der Waals surface area contributed by atoms with Gasteiger partial charge in [0.2, 0.25) is 5.91 Å². The van der Waals surface area contributed by atoms with Crippen LogP contribution in [0.3, 0.4) is 0 Å². The topological polar surface area (TPSA) is 58.6 Å². The van der Waals surface area contributed by atoms with Crippen molar-refractivity contribution in [2.45, 2.75) is 25.9 Å². The molecule has 4 nitrogen and oxygen atoms in total. The second kappa shape index (κ2) is 8.12. The molecule has 0 bridgehead atoms. The van der Waals surface area contributed by atoms with Gasteiger partial charge in [0.15, 0.2) is 0 Å². The first kappa shape index (κ1) is 15.9. The van der Waals surface area contributed by atoms with Crippen LogP contribution in [0.15, 0.2) is 30.3 Å². The van der Waals surface area contributed by atoms with Gasteiger partial charge in [-0.3, -0.25) is 4.79 Å². The van der Waals surface area contributed by atoms with Gasteiger partial charge in [0.1, 0.15) is 6.10 Å². The van der Waals surface area contributed by atoms with E-state index < -0.39 is 6.10 Å². The monoisotopic (exact) mass is 307 g/mol. The summed E-state index contributed by atoms with van der Waals surface area (Å²) in [5.74, 6) is -0.0464. The second-order valence-corrected chi connectivity index (χ2v) is 5.92. The van der Waals surface area contributed by atoms with Crippen molar-refractivity contribution in [3.05, 3.63) is 35.2 Å². The van der Waals surface area contributed by atoms with Gasteiger partial charge in [-0.15, -0.1) is 11.3 Å². The predicted octanol–water partition coefficient (Wildman–Crippen LogP) is 2.87. The number of carbonyl (C=O) groups excluding carboxylic acids is 1. The second-order valence-electron chi connectivity index (χ2n) is 4.81. The van der Waals surface area contributed by atoms with E-state index in [0.29, 0.717) is 26.1 Å². The van der Waals surface area contributed by atoms with E-state index in [1.54, 1.807) is 11.3 Å². The molecule has 0 aliphatic rings. The molecule has 0 aliphatic heterocycles. The molecule has 1 amide bonds. The van der Waals surface area contributed by atoms with Gasteiger partial charge in [0, 0.05) is 35.8 Å². The summed E-state index contributed by atoms with van der Waals surface area (Å²) < 4.78 is 6.33. The fourth-order valence-corrected chi connectivity index (χ4v) is 3.10. The Bertz CT molecular complexity index is 549. The molecule has 0 saturated carbocycles. The zero-order valence-corrected chi connectivity index (χ0v) is 13.0. The van der Waals surface area contributed by atoms with Gasteiger partial charge in [0.25, 0.3) is 0 Å². The van der Waals surface area contributed by atoms with Gasteiger partial charge in [-0.2, -0.15) is 0 Å². The Morgan fingerprint density at radius 1 is 1.43 bits per heavy atom. The molecule has 0 radical (unpaired) electrons. The molecule has 2 rings (SSSR count). The minimum atomic E-state index is -0.654. The van der Waals surface area contributed by atoms with Crippen molar-refractivity contribution in [1.29, 1.82) is 0 Å². The molecular weight excluding hydrogens is 286 g/mol. The van der Waals surface area contributed by atoms with Crippen LogP contribution in [0.1, 0.15) is 30.7 Å². The molecule has 1 atom stereocenters. The van der Waals surface area contributed by atoms with Crippen molar-refractivity contribution in [2.75, 3.05) is 19.8 Å². The Labute approximate surface area is 128 Å². The maximum atomic E-state index is 11.6. The lowest BCUT2D eigenvalue weighted by Crippen LogP contribution is -2.28. The Balaban J connectivity index is 1.78. The van der Waals surface area contributed by atoms with Crippen LogP contribution in [0, 0.1) is 0 Å². The number of fused-ring (bicyclic) bond motifs is 1. The fourth-order valence-electron chi connectivity index (χ4n) is 2.05. The van der Waals surface area contributed by atoms with E-state index in [9.17, 15) is 9.90 Å². The normalized spacial score (nSPS) is 12.5. The molecule has 0 fully saturated rings. The highest BCUT2D eigenvalue weighted by Crippen LogP contribution is 2.29. The zero-order chi connectivity index (χ0) is 15.1. The molecule has 1 heterocycles. The van der Waals surface area contributed by atoms with Gasteiger partial charge in [-0.05, 0) is 30.9 Å². The first-order valence-corrected chi connectivity index (χ1v) is 8.03. The Hall–Kier alpha value is -1.43. The lowest BCUT2D eigenvalue weighted by molar-refractivity contribution is -0.121. The minimum absolute atomic E-state index is 0.0464. The number of nitrogens with one attached hydrogen (secondary N) is 1. The lowest BCUT2D eigenvalue weighted by atomic mass is 10.2. The third-order valence-corrected chi connectivity index (χ3v) is 4.38. The summed E-state index contributed by atoms with van der Waals surface area (Å²) in [5.41, 5.74) is 0. The first-order valence-electron chi connectivity index (χ1n) is 7.21. The summed E-state index contributed by atoms with van der Waals surface area (Å²) >= 11 is 1.56. The third kappa shape index (κ3) is 4.81. The van der Waals surface area contributed by atoms with Crippen LogP contribution in [0.2, 0.25) is 0 Å². The van der Waals surface area contributed by atoms with Crippen LogP contribution >= 0.6 is 11.3 Å². The largest absolute Gasteiger partial charge is 0.386 e. The van der Waals surface area contributed by atoms with Crippen molar-refractivity contribution < 1.29 is 14.6 Å². The molecule has 0 saturated heterocycles. The predicted molar refractivity (Wildman–Crippen MR) is 85.5 cm³/mol. The molecule has 0 aliphatic carbocycles. The van der Waals surface area contributed by atoms with Crippen LogP contribution in [0.4, 0.5) is 0 Å². The molecule has 0 spiro atoms. The van der Waals surface area contributed by atoms with E-state index in [2.05, 4.69) is 5.32 Å². The summed E-state index contributed by atoms with van der Waals surface area (Å²) in [6.07, 6.45) is 0.482. The van der Waals surface area contributed by atoms with Crippen LogP contribution in [-0.2, 0) is 9.53 Å². The van der Waals surface area contributed by atoms with Crippen molar-refractivity contribution in [1.82, 2.24) is 5.32 Å². The van der Waals surface area contributed by atoms with Crippen molar-refractivity contribution >= 4 is 27.3 Å². The minimum Gasteiger partial charge on any atom is -0.386 e. The maximum Gasteiger partial charge on any atom is 0.220 e. The SMILES string of the molecule is CCOCCCC(=O)NCC(O)c1cc2ccccc2s1. The molecule has 114 valence electrons. The third-order valence-electron chi connectivity index (χ3n) is 3.16. The molecule has 2 N–H and O–H groups in total. The number of rotatable bonds is 8. The quantitative estimate of drug-likeness (QED) is 0.737. The highest BCUT2D eigenvalue weighted by atomic mass is 32.1. The number of aliphatic hydroxyl groups excluding tert-OH is 1. The smallest absolute Gasteiger partial charge is 0.220 e.